The molecule has 0 bridgehead atoms. The van der Waals surface area contributed by atoms with E-state index in [4.69, 9.17) is 16.3 Å². The second-order valence-electron chi connectivity index (χ2n) is 5.47. The molecule has 1 atom stereocenters. The highest BCUT2D eigenvalue weighted by atomic mass is 35.5. The van der Waals surface area contributed by atoms with Crippen LogP contribution in [0.3, 0.4) is 0 Å². The number of aliphatic hydroxyl groups excluding tert-OH is 1. The summed E-state index contributed by atoms with van der Waals surface area (Å²) in [6.07, 6.45) is 0.491. The predicted molar refractivity (Wildman–Crippen MR) is 85.2 cm³/mol. The molecule has 6 heteroatoms. The fourth-order valence-electron chi connectivity index (χ4n) is 2.61. The van der Waals surface area contributed by atoms with Gasteiger partial charge in [-0.05, 0) is 36.8 Å². The molecule has 116 valence electrons. The third-order valence-corrected chi connectivity index (χ3v) is 5.09. The number of aliphatic hydroxyl groups is 1. The minimum Gasteiger partial charge on any atom is -0.489 e. The molecule has 22 heavy (non-hydrogen) atoms. The van der Waals surface area contributed by atoms with Crippen LogP contribution in [-0.2, 0) is 9.84 Å². The second-order valence-corrected chi connectivity index (χ2v) is 7.89. The van der Waals surface area contributed by atoms with Crippen LogP contribution in [0.5, 0.6) is 5.75 Å². The molecule has 2 aromatic rings. The standard InChI is InChI=1S/C16H15ClO4S/c1-9-5-12(16-13(6-9)15(18)8-21-16)11-4-3-10(7-14(11)17)22(2,19)20/h3-7,15,18H,8H2,1-2H3. The fourth-order valence-corrected chi connectivity index (χ4v) is 3.60. The summed E-state index contributed by atoms with van der Waals surface area (Å²) in [4.78, 5) is 0.173. The summed E-state index contributed by atoms with van der Waals surface area (Å²) in [5, 5.41) is 10.3. The molecular formula is C16H15ClO4S. The topological polar surface area (TPSA) is 63.6 Å². The zero-order valence-electron chi connectivity index (χ0n) is 12.1. The monoisotopic (exact) mass is 338 g/mol. The van der Waals surface area contributed by atoms with Crippen LogP contribution in [0, 0.1) is 6.92 Å². The van der Waals surface area contributed by atoms with Crippen molar-refractivity contribution in [2.24, 2.45) is 0 Å². The molecule has 0 saturated heterocycles. The number of benzene rings is 2. The lowest BCUT2D eigenvalue weighted by atomic mass is 9.97. The first-order valence-corrected chi connectivity index (χ1v) is 8.99. The van der Waals surface area contributed by atoms with Gasteiger partial charge in [-0.1, -0.05) is 17.7 Å². The average molecular weight is 339 g/mol. The molecule has 0 amide bonds. The van der Waals surface area contributed by atoms with Crippen LogP contribution in [0.4, 0.5) is 0 Å². The average Bonchev–Trinajstić information content (AvgIpc) is 2.79. The van der Waals surface area contributed by atoms with E-state index in [-0.39, 0.29) is 11.5 Å². The van der Waals surface area contributed by atoms with Crippen molar-refractivity contribution in [1.29, 1.82) is 0 Å². The Kier molecular flexibility index (Phi) is 3.67. The molecule has 3 rings (SSSR count). The van der Waals surface area contributed by atoms with E-state index in [1.165, 1.54) is 12.1 Å². The molecule has 0 fully saturated rings. The molecule has 4 nitrogen and oxygen atoms in total. The quantitative estimate of drug-likeness (QED) is 0.913. The summed E-state index contributed by atoms with van der Waals surface area (Å²) in [5.41, 5.74) is 3.15. The first-order valence-electron chi connectivity index (χ1n) is 6.73. The van der Waals surface area contributed by atoms with Gasteiger partial charge in [-0.2, -0.15) is 0 Å². The smallest absolute Gasteiger partial charge is 0.175 e. The minimum absolute atomic E-state index is 0.173. The second kappa shape index (κ2) is 5.26. The van der Waals surface area contributed by atoms with Crippen LogP contribution in [0.25, 0.3) is 11.1 Å². The molecule has 0 aromatic heterocycles. The third-order valence-electron chi connectivity index (χ3n) is 3.67. The first-order chi connectivity index (χ1) is 10.3. The molecule has 1 aliphatic heterocycles. The molecule has 1 unspecified atom stereocenters. The van der Waals surface area contributed by atoms with Gasteiger partial charge in [-0.25, -0.2) is 8.42 Å². The van der Waals surface area contributed by atoms with Gasteiger partial charge < -0.3 is 9.84 Å². The molecule has 1 N–H and O–H groups in total. The Hall–Kier alpha value is -1.56. The van der Waals surface area contributed by atoms with Gasteiger partial charge in [-0.15, -0.1) is 0 Å². The van der Waals surface area contributed by atoms with Crippen LogP contribution in [0.2, 0.25) is 5.02 Å². The van der Waals surface area contributed by atoms with Gasteiger partial charge in [0, 0.05) is 28.0 Å². The molecule has 1 heterocycles. The van der Waals surface area contributed by atoms with Crippen LogP contribution >= 0.6 is 11.6 Å². The van der Waals surface area contributed by atoms with E-state index in [0.717, 1.165) is 22.9 Å². The normalized spacial score (nSPS) is 17.2. The Labute approximate surface area is 134 Å². The van der Waals surface area contributed by atoms with Crippen molar-refractivity contribution >= 4 is 21.4 Å². The maximum absolute atomic E-state index is 11.6. The zero-order valence-corrected chi connectivity index (χ0v) is 13.7. The van der Waals surface area contributed by atoms with Crippen molar-refractivity contribution < 1.29 is 18.3 Å². The van der Waals surface area contributed by atoms with Gasteiger partial charge in [0.15, 0.2) is 9.84 Å². The summed E-state index contributed by atoms with van der Waals surface area (Å²) in [5.74, 6) is 0.604. The number of fused-ring (bicyclic) bond motifs is 1. The lowest BCUT2D eigenvalue weighted by molar-refractivity contribution is 0.140. The van der Waals surface area contributed by atoms with Gasteiger partial charge in [0.2, 0.25) is 0 Å². The van der Waals surface area contributed by atoms with Crippen LogP contribution in [0.1, 0.15) is 17.2 Å². The number of halogens is 1. The summed E-state index contributed by atoms with van der Waals surface area (Å²) < 4.78 is 28.8. The van der Waals surface area contributed by atoms with E-state index in [1.807, 2.05) is 19.1 Å². The lowest BCUT2D eigenvalue weighted by Gasteiger charge is -2.12. The Morgan fingerprint density at radius 2 is 1.95 bits per heavy atom. The molecule has 0 saturated carbocycles. The highest BCUT2D eigenvalue weighted by molar-refractivity contribution is 7.90. The lowest BCUT2D eigenvalue weighted by Crippen LogP contribution is -1.97. The van der Waals surface area contributed by atoms with Gasteiger partial charge in [0.1, 0.15) is 18.5 Å². The van der Waals surface area contributed by atoms with E-state index < -0.39 is 15.9 Å². The molecule has 0 spiro atoms. The summed E-state index contributed by atoms with van der Waals surface area (Å²) >= 11 is 6.28. The van der Waals surface area contributed by atoms with Crippen molar-refractivity contribution in [2.45, 2.75) is 17.9 Å². The van der Waals surface area contributed by atoms with E-state index in [9.17, 15) is 13.5 Å². The van der Waals surface area contributed by atoms with E-state index in [1.54, 1.807) is 6.07 Å². The number of hydrogen-bond donors (Lipinski definition) is 1. The zero-order chi connectivity index (χ0) is 16.1. The van der Waals surface area contributed by atoms with E-state index >= 15 is 0 Å². The number of rotatable bonds is 2. The van der Waals surface area contributed by atoms with Crippen molar-refractivity contribution in [3.05, 3.63) is 46.5 Å². The van der Waals surface area contributed by atoms with Gasteiger partial charge in [0.25, 0.3) is 0 Å². The van der Waals surface area contributed by atoms with Crippen LogP contribution in [0.15, 0.2) is 35.2 Å². The Morgan fingerprint density at radius 1 is 1.23 bits per heavy atom. The minimum atomic E-state index is -3.31. The molecule has 1 aliphatic rings. The van der Waals surface area contributed by atoms with Crippen molar-refractivity contribution in [1.82, 2.24) is 0 Å². The Balaban J connectivity index is 2.19. The van der Waals surface area contributed by atoms with E-state index in [0.29, 0.717) is 16.3 Å². The van der Waals surface area contributed by atoms with Gasteiger partial charge >= 0.3 is 0 Å². The van der Waals surface area contributed by atoms with Crippen LogP contribution in [-0.4, -0.2) is 26.4 Å². The molecule has 0 radical (unpaired) electrons. The SMILES string of the molecule is Cc1cc(-c2ccc(S(C)(=O)=O)cc2Cl)c2c(c1)C(O)CO2. The largest absolute Gasteiger partial charge is 0.489 e. The van der Waals surface area contributed by atoms with Crippen LogP contribution < -0.4 is 4.74 Å². The number of hydrogen-bond acceptors (Lipinski definition) is 4. The molecule has 0 aliphatic carbocycles. The highest BCUT2D eigenvalue weighted by Crippen LogP contribution is 2.44. The maximum atomic E-state index is 11.6. The van der Waals surface area contributed by atoms with Crippen molar-refractivity contribution in [2.75, 3.05) is 12.9 Å². The number of sulfone groups is 1. The number of aryl methyl sites for hydroxylation is 1. The van der Waals surface area contributed by atoms with E-state index in [2.05, 4.69) is 0 Å². The first kappa shape index (κ1) is 15.3. The maximum Gasteiger partial charge on any atom is 0.175 e. The molecule has 2 aromatic carbocycles. The fraction of sp³-hybridized carbons (Fsp3) is 0.250. The van der Waals surface area contributed by atoms with Crippen molar-refractivity contribution in [3.8, 4) is 16.9 Å². The highest BCUT2D eigenvalue weighted by Gasteiger charge is 2.26. The predicted octanol–water partition coefficient (Wildman–Crippen LogP) is 3.14. The summed E-state index contributed by atoms with van der Waals surface area (Å²) in [6, 6.07) is 8.43. The van der Waals surface area contributed by atoms with Crippen molar-refractivity contribution in [3.63, 3.8) is 0 Å². The summed E-state index contributed by atoms with van der Waals surface area (Å²) in [7, 11) is -3.31. The third kappa shape index (κ3) is 2.60. The Bertz CT molecular complexity index is 859. The Morgan fingerprint density at radius 3 is 2.59 bits per heavy atom. The van der Waals surface area contributed by atoms with Gasteiger partial charge in [0.05, 0.1) is 4.90 Å². The number of ether oxygens (including phenoxy) is 1. The van der Waals surface area contributed by atoms with Gasteiger partial charge in [-0.3, -0.25) is 0 Å². The molecular weight excluding hydrogens is 324 g/mol. The summed E-state index contributed by atoms with van der Waals surface area (Å²) in [6.45, 7) is 2.14.